The average molecular weight is 115 g/mol. The van der Waals surface area contributed by atoms with Gasteiger partial charge in [0.25, 0.3) is 12.1 Å². The second kappa shape index (κ2) is 1.10. The number of rotatable bonds is 0. The van der Waals surface area contributed by atoms with E-state index >= 15 is 0 Å². The number of hydrogen-bond donors (Lipinski definition) is 3. The number of epoxide rings is 1. The molecule has 0 aromatic heterocycles. The summed E-state index contributed by atoms with van der Waals surface area (Å²) in [6.07, 6.45) is -0.142. The molecule has 1 unspecified atom stereocenters. The van der Waals surface area contributed by atoms with Gasteiger partial charge in [0.15, 0.2) is 0 Å². The molecule has 0 amide bonds. The van der Waals surface area contributed by atoms with Crippen molar-refractivity contribution in [1.29, 1.82) is 0 Å². The molecule has 6 nitrogen and oxygen atoms in total. The summed E-state index contributed by atoms with van der Waals surface area (Å²) in [7, 11) is 0. The van der Waals surface area contributed by atoms with Crippen molar-refractivity contribution in [3.05, 3.63) is 0 Å². The van der Waals surface area contributed by atoms with Crippen LogP contribution < -0.4 is 16.9 Å². The molecule has 4 N–H and O–H groups in total. The Labute approximate surface area is 45.2 Å². The molecule has 0 bridgehead atoms. The second-order valence-corrected chi connectivity index (χ2v) is 1.55. The highest BCUT2D eigenvalue weighted by Crippen LogP contribution is 2.15. The number of fused-ring (bicyclic) bond motifs is 1. The van der Waals surface area contributed by atoms with Crippen molar-refractivity contribution in [3.8, 4) is 0 Å². The predicted octanol–water partition coefficient (Wildman–Crippen LogP) is -2.15. The standard InChI is InChI=1S/C2H5N5O/c3-7-2-1(8-2)4-5-6-7/h2,5-6H,3H2. The first-order valence-electron chi connectivity index (χ1n) is 2.17. The highest BCUT2D eigenvalue weighted by Gasteiger charge is 2.43. The molecule has 1 saturated heterocycles. The van der Waals surface area contributed by atoms with Gasteiger partial charge in [0.2, 0.25) is 0 Å². The fraction of sp³-hybridized carbons (Fsp3) is 0.500. The third-order valence-electron chi connectivity index (χ3n) is 0.984. The fourth-order valence-electron chi connectivity index (χ4n) is 0.534. The van der Waals surface area contributed by atoms with E-state index < -0.39 is 0 Å². The quantitative estimate of drug-likeness (QED) is 0.248. The van der Waals surface area contributed by atoms with Crippen LogP contribution >= 0.6 is 0 Å². The highest BCUT2D eigenvalue weighted by molar-refractivity contribution is 5.92. The van der Waals surface area contributed by atoms with E-state index in [-0.39, 0.29) is 6.23 Å². The zero-order valence-corrected chi connectivity index (χ0v) is 3.96. The van der Waals surface area contributed by atoms with Gasteiger partial charge in [0.1, 0.15) is 0 Å². The van der Waals surface area contributed by atoms with Gasteiger partial charge < -0.3 is 4.74 Å². The number of nitrogens with zero attached hydrogens (tertiary/aromatic N) is 2. The maximum absolute atomic E-state index is 5.27. The first-order valence-corrected chi connectivity index (χ1v) is 2.17. The van der Waals surface area contributed by atoms with Crippen molar-refractivity contribution in [3.63, 3.8) is 0 Å². The van der Waals surface area contributed by atoms with Crippen LogP contribution in [0.25, 0.3) is 0 Å². The van der Waals surface area contributed by atoms with Crippen LogP contribution in [0.4, 0.5) is 0 Å². The summed E-state index contributed by atoms with van der Waals surface area (Å²) < 4.78 is 4.82. The van der Waals surface area contributed by atoms with E-state index in [9.17, 15) is 0 Å². The van der Waals surface area contributed by atoms with Gasteiger partial charge in [-0.2, -0.15) is 0 Å². The Bertz CT molecular complexity index is 143. The molecule has 0 radical (unpaired) electrons. The lowest BCUT2D eigenvalue weighted by Gasteiger charge is -2.12. The number of hydrazine groups is 3. The van der Waals surface area contributed by atoms with E-state index in [1.54, 1.807) is 0 Å². The largest absolute Gasteiger partial charge is 0.444 e. The second-order valence-electron chi connectivity index (χ2n) is 1.55. The van der Waals surface area contributed by atoms with E-state index in [0.29, 0.717) is 5.90 Å². The topological polar surface area (TPSA) is 78.2 Å². The van der Waals surface area contributed by atoms with Crippen molar-refractivity contribution < 1.29 is 4.74 Å². The van der Waals surface area contributed by atoms with Gasteiger partial charge in [-0.05, 0) is 0 Å². The Hall–Kier alpha value is -0.850. The smallest absolute Gasteiger partial charge is 0.269 e. The lowest BCUT2D eigenvalue weighted by molar-refractivity contribution is 0.0898. The molecule has 0 aromatic carbocycles. The molecule has 0 spiro atoms. The van der Waals surface area contributed by atoms with Crippen LogP contribution in [-0.2, 0) is 4.74 Å². The van der Waals surface area contributed by atoms with Gasteiger partial charge in [0, 0.05) is 0 Å². The SMILES string of the molecule is NN1NNN=C2OC21. The Morgan fingerprint density at radius 3 is 3.38 bits per heavy atom. The summed E-state index contributed by atoms with van der Waals surface area (Å²) in [5.74, 6) is 5.90. The van der Waals surface area contributed by atoms with Crippen LogP contribution in [0.3, 0.4) is 0 Å². The number of nitrogens with one attached hydrogen (secondary N) is 2. The molecule has 1 atom stereocenters. The maximum Gasteiger partial charge on any atom is 0.269 e. The average Bonchev–Trinajstić information content (AvgIpc) is 2.45. The number of ether oxygens (including phenoxy) is 1. The lowest BCUT2D eigenvalue weighted by atomic mass is 10.7. The van der Waals surface area contributed by atoms with Gasteiger partial charge in [-0.25, -0.2) is 11.4 Å². The summed E-state index contributed by atoms with van der Waals surface area (Å²) in [4.78, 5) is 0. The van der Waals surface area contributed by atoms with Crippen LogP contribution in [0.15, 0.2) is 5.10 Å². The van der Waals surface area contributed by atoms with E-state index in [0.717, 1.165) is 0 Å². The molecular formula is C2H5N5O. The zero-order valence-electron chi connectivity index (χ0n) is 3.96. The molecule has 2 aliphatic heterocycles. The predicted molar refractivity (Wildman–Crippen MR) is 24.6 cm³/mol. The lowest BCUT2D eigenvalue weighted by Crippen LogP contribution is -2.53. The Balaban J connectivity index is 2.17. The first kappa shape index (κ1) is 4.07. The summed E-state index contributed by atoms with van der Waals surface area (Å²) >= 11 is 0. The number of hydrogen-bond acceptors (Lipinski definition) is 6. The van der Waals surface area contributed by atoms with E-state index in [1.807, 2.05) is 0 Å². The summed E-state index contributed by atoms with van der Waals surface area (Å²) in [6.45, 7) is 0. The third-order valence-corrected chi connectivity index (χ3v) is 0.984. The van der Waals surface area contributed by atoms with Crippen molar-refractivity contribution in [2.75, 3.05) is 0 Å². The maximum atomic E-state index is 5.27. The molecule has 0 aliphatic carbocycles. The van der Waals surface area contributed by atoms with E-state index in [2.05, 4.69) is 16.2 Å². The molecule has 0 aromatic rings. The summed E-state index contributed by atoms with van der Waals surface area (Å²) in [6, 6.07) is 0. The van der Waals surface area contributed by atoms with E-state index in [1.165, 1.54) is 5.12 Å². The molecule has 2 heterocycles. The van der Waals surface area contributed by atoms with Crippen LogP contribution in [0, 0.1) is 0 Å². The molecule has 44 valence electrons. The minimum Gasteiger partial charge on any atom is -0.444 e. The molecule has 0 saturated carbocycles. The number of nitrogens with two attached hydrogens (primary N) is 1. The van der Waals surface area contributed by atoms with Crippen LogP contribution in [0.5, 0.6) is 0 Å². The fourth-order valence-corrected chi connectivity index (χ4v) is 0.534. The number of hydrazone groups is 1. The minimum absolute atomic E-state index is 0.142. The normalized spacial score (nSPS) is 34.1. The van der Waals surface area contributed by atoms with Gasteiger partial charge in [-0.1, -0.05) is 0 Å². The summed E-state index contributed by atoms with van der Waals surface area (Å²) in [5, 5.41) is 4.96. The molecule has 2 rings (SSSR count). The first-order chi connectivity index (χ1) is 3.88. The van der Waals surface area contributed by atoms with Crippen molar-refractivity contribution >= 4 is 5.90 Å². The molecule has 2 aliphatic rings. The Morgan fingerprint density at radius 2 is 2.75 bits per heavy atom. The van der Waals surface area contributed by atoms with Gasteiger partial charge >= 0.3 is 0 Å². The minimum atomic E-state index is -0.142. The van der Waals surface area contributed by atoms with Crippen LogP contribution in [-0.4, -0.2) is 17.2 Å². The monoisotopic (exact) mass is 115 g/mol. The molecular weight excluding hydrogens is 110 g/mol. The van der Waals surface area contributed by atoms with Crippen LogP contribution in [0.2, 0.25) is 0 Å². The van der Waals surface area contributed by atoms with Crippen molar-refractivity contribution in [2.24, 2.45) is 10.9 Å². The highest BCUT2D eigenvalue weighted by atomic mass is 16.6. The van der Waals surface area contributed by atoms with E-state index in [4.69, 9.17) is 10.6 Å². The van der Waals surface area contributed by atoms with Gasteiger partial charge in [-0.15, -0.1) is 15.8 Å². The zero-order chi connectivity index (χ0) is 5.56. The molecule has 8 heavy (non-hydrogen) atoms. The molecule has 6 heteroatoms. The van der Waals surface area contributed by atoms with Crippen molar-refractivity contribution in [2.45, 2.75) is 6.23 Å². The third kappa shape index (κ3) is 0.386. The van der Waals surface area contributed by atoms with Gasteiger partial charge in [0.05, 0.1) is 0 Å². The summed E-state index contributed by atoms with van der Waals surface area (Å²) in [5.41, 5.74) is 4.96. The van der Waals surface area contributed by atoms with Gasteiger partial charge in [-0.3, -0.25) is 0 Å². The Morgan fingerprint density at radius 1 is 1.88 bits per heavy atom. The van der Waals surface area contributed by atoms with Crippen molar-refractivity contribution in [1.82, 2.24) is 16.2 Å². The van der Waals surface area contributed by atoms with Crippen LogP contribution in [0.1, 0.15) is 0 Å². The Kier molecular flexibility index (Phi) is 0.562. The molecule has 1 fully saturated rings.